The Bertz CT molecular complexity index is 830. The molecule has 24 heavy (non-hydrogen) atoms. The van der Waals surface area contributed by atoms with E-state index < -0.39 is 45.4 Å². The van der Waals surface area contributed by atoms with Crippen LogP contribution in [-0.4, -0.2) is 14.5 Å². The lowest BCUT2D eigenvalue weighted by Crippen LogP contribution is -1.98. The van der Waals surface area contributed by atoms with Crippen LogP contribution >= 0.6 is 24.4 Å². The van der Waals surface area contributed by atoms with E-state index in [1.807, 2.05) is 10.3 Å². The summed E-state index contributed by atoms with van der Waals surface area (Å²) in [4.78, 5) is 5.71. The van der Waals surface area contributed by atoms with E-state index in [1.165, 1.54) is 0 Å². The van der Waals surface area contributed by atoms with Gasteiger partial charge in [-0.15, -0.1) is 0 Å². The van der Waals surface area contributed by atoms with Gasteiger partial charge < -0.3 is 0 Å². The Morgan fingerprint density at radius 1 is 0.750 bits per heavy atom. The molecule has 0 heterocycles. The Balaban J connectivity index is 2.54. The normalized spacial score (nSPS) is 11.3. The standard InChI is InChI=1S/C14H4F4N2OS3/c15-9-1-7(2-10(16)13(9)19-5-22)24(21)8-3-11(17)14(20-6-23)12(18)4-8/h1-4H. The molecular weight excluding hydrogens is 384 g/mol. The van der Waals surface area contributed by atoms with Gasteiger partial charge in [0.2, 0.25) is 0 Å². The predicted octanol–water partition coefficient (Wildman–Crippen LogP) is 4.88. The van der Waals surface area contributed by atoms with Crippen molar-refractivity contribution in [3.63, 3.8) is 0 Å². The topological polar surface area (TPSA) is 41.8 Å². The largest absolute Gasteiger partial charge is 0.249 e. The van der Waals surface area contributed by atoms with Gasteiger partial charge >= 0.3 is 0 Å². The second kappa shape index (κ2) is 7.65. The van der Waals surface area contributed by atoms with Crippen molar-refractivity contribution in [2.75, 3.05) is 0 Å². The third-order valence-corrected chi connectivity index (χ3v) is 4.23. The van der Waals surface area contributed by atoms with Crippen LogP contribution in [0.3, 0.4) is 0 Å². The van der Waals surface area contributed by atoms with Crippen LogP contribution in [-0.2, 0) is 10.8 Å². The van der Waals surface area contributed by atoms with Crippen LogP contribution in [0.2, 0.25) is 0 Å². The Hall–Kier alpha value is -2.09. The van der Waals surface area contributed by atoms with Gasteiger partial charge in [0, 0.05) is 9.79 Å². The summed E-state index contributed by atoms with van der Waals surface area (Å²) in [7, 11) is -2.25. The number of benzene rings is 2. The Morgan fingerprint density at radius 3 is 1.29 bits per heavy atom. The first kappa shape index (κ1) is 18.3. The number of hydrogen-bond acceptors (Lipinski definition) is 5. The fourth-order valence-electron chi connectivity index (χ4n) is 1.74. The fourth-order valence-corrected chi connectivity index (χ4v) is 3.04. The summed E-state index contributed by atoms with van der Waals surface area (Å²) in [6.45, 7) is 0. The molecule has 0 amide bonds. The number of hydrogen-bond donors (Lipinski definition) is 0. The summed E-state index contributed by atoms with van der Waals surface area (Å²) in [5.74, 6) is -4.56. The highest BCUT2D eigenvalue weighted by Crippen LogP contribution is 2.30. The van der Waals surface area contributed by atoms with E-state index in [1.54, 1.807) is 0 Å². The molecule has 0 radical (unpaired) electrons. The summed E-state index contributed by atoms with van der Waals surface area (Å²) < 4.78 is 67.3. The molecule has 0 unspecified atom stereocenters. The molecule has 10 heteroatoms. The van der Waals surface area contributed by atoms with E-state index in [4.69, 9.17) is 0 Å². The zero-order chi connectivity index (χ0) is 17.9. The van der Waals surface area contributed by atoms with Crippen molar-refractivity contribution >= 4 is 56.9 Å². The molecule has 0 spiro atoms. The molecule has 0 saturated carbocycles. The molecule has 0 N–H and O–H groups in total. The lowest BCUT2D eigenvalue weighted by Gasteiger charge is -2.06. The maximum Gasteiger partial charge on any atom is 0.153 e. The van der Waals surface area contributed by atoms with Crippen molar-refractivity contribution in [1.82, 2.24) is 0 Å². The van der Waals surface area contributed by atoms with Gasteiger partial charge in [-0.1, -0.05) is 0 Å². The van der Waals surface area contributed by atoms with Gasteiger partial charge in [0.15, 0.2) is 23.3 Å². The lowest BCUT2D eigenvalue weighted by atomic mass is 10.3. The molecule has 0 bridgehead atoms. The second-order valence-corrected chi connectivity index (χ2v) is 5.99. The minimum Gasteiger partial charge on any atom is -0.249 e. The smallest absolute Gasteiger partial charge is 0.153 e. The second-order valence-electron chi connectivity index (χ2n) is 4.15. The molecule has 3 nitrogen and oxygen atoms in total. The summed E-state index contributed by atoms with van der Waals surface area (Å²) in [5, 5.41) is 3.62. The molecule has 0 aliphatic carbocycles. The van der Waals surface area contributed by atoms with Gasteiger partial charge in [0.05, 0.1) is 21.1 Å². The number of nitrogens with zero attached hydrogens (tertiary/aromatic N) is 2. The van der Waals surface area contributed by atoms with E-state index in [9.17, 15) is 21.8 Å². The van der Waals surface area contributed by atoms with Gasteiger partial charge in [0.1, 0.15) is 11.4 Å². The van der Waals surface area contributed by atoms with Crippen molar-refractivity contribution in [3.05, 3.63) is 47.5 Å². The minimum atomic E-state index is -2.25. The van der Waals surface area contributed by atoms with Crippen LogP contribution in [0.15, 0.2) is 44.0 Å². The van der Waals surface area contributed by atoms with Crippen molar-refractivity contribution in [2.24, 2.45) is 9.98 Å². The summed E-state index contributed by atoms with van der Waals surface area (Å²) in [5.41, 5.74) is -1.40. The van der Waals surface area contributed by atoms with Crippen LogP contribution in [0, 0.1) is 23.3 Å². The minimum absolute atomic E-state index is 0.349. The SMILES string of the molecule is O=S(c1cc(F)c(N=C=S)c(F)c1)c1cc(F)c(N=C=S)c(F)c1. The van der Waals surface area contributed by atoms with Crippen LogP contribution < -0.4 is 0 Å². The highest BCUT2D eigenvalue weighted by atomic mass is 32.2. The predicted molar refractivity (Wildman–Crippen MR) is 86.8 cm³/mol. The van der Waals surface area contributed by atoms with Crippen molar-refractivity contribution < 1.29 is 21.8 Å². The Morgan fingerprint density at radius 2 is 1.04 bits per heavy atom. The van der Waals surface area contributed by atoms with Crippen molar-refractivity contribution in [3.8, 4) is 0 Å². The molecule has 0 aliphatic heterocycles. The average molecular weight is 388 g/mol. The van der Waals surface area contributed by atoms with Gasteiger partial charge in [-0.2, -0.15) is 9.98 Å². The molecule has 0 aromatic heterocycles. The number of rotatable bonds is 4. The molecular formula is C14H4F4N2OS3. The molecule has 0 fully saturated rings. The first-order valence-electron chi connectivity index (χ1n) is 5.94. The summed E-state index contributed by atoms with van der Waals surface area (Å²) >= 11 is 8.52. The van der Waals surface area contributed by atoms with Crippen LogP contribution in [0.5, 0.6) is 0 Å². The Kier molecular flexibility index (Phi) is 5.82. The van der Waals surface area contributed by atoms with Gasteiger partial charge in [-0.25, -0.2) is 21.8 Å². The molecule has 2 aromatic rings. The van der Waals surface area contributed by atoms with Gasteiger partial charge in [-0.05, 0) is 48.7 Å². The van der Waals surface area contributed by atoms with Crippen LogP contribution in [0.1, 0.15) is 0 Å². The van der Waals surface area contributed by atoms with Gasteiger partial charge in [0.25, 0.3) is 0 Å². The van der Waals surface area contributed by atoms with E-state index in [-0.39, 0.29) is 9.79 Å². The number of halogens is 4. The van der Waals surface area contributed by atoms with E-state index in [2.05, 4.69) is 34.4 Å². The van der Waals surface area contributed by atoms with Gasteiger partial charge in [-0.3, -0.25) is 0 Å². The third-order valence-electron chi connectivity index (χ3n) is 2.72. The summed E-state index contributed by atoms with van der Waals surface area (Å²) in [6, 6.07) is 2.90. The quantitative estimate of drug-likeness (QED) is 0.426. The monoisotopic (exact) mass is 388 g/mol. The fraction of sp³-hybridized carbons (Fsp3) is 0. The number of thiocarbonyl (C=S) groups is 2. The molecule has 0 atom stereocenters. The van der Waals surface area contributed by atoms with E-state index in [0.29, 0.717) is 0 Å². The molecule has 122 valence electrons. The zero-order valence-electron chi connectivity index (χ0n) is 11.3. The van der Waals surface area contributed by atoms with E-state index in [0.717, 1.165) is 24.3 Å². The molecule has 0 aliphatic rings. The molecule has 2 aromatic carbocycles. The van der Waals surface area contributed by atoms with Crippen LogP contribution in [0.4, 0.5) is 28.9 Å². The zero-order valence-corrected chi connectivity index (χ0v) is 13.8. The maximum atomic E-state index is 13.8. The highest BCUT2D eigenvalue weighted by molar-refractivity contribution is 7.85. The number of isothiocyanates is 2. The van der Waals surface area contributed by atoms with Crippen molar-refractivity contribution in [1.29, 1.82) is 0 Å². The first-order chi connectivity index (χ1) is 11.4. The number of aliphatic imine (C=N–C) groups is 2. The molecule has 0 saturated heterocycles. The van der Waals surface area contributed by atoms with E-state index >= 15 is 0 Å². The first-order valence-corrected chi connectivity index (χ1v) is 7.91. The average Bonchev–Trinajstić information content (AvgIpc) is 2.53. The third kappa shape index (κ3) is 3.69. The lowest BCUT2D eigenvalue weighted by molar-refractivity contribution is 0.578. The highest BCUT2D eigenvalue weighted by Gasteiger charge is 2.18. The Labute approximate surface area is 146 Å². The maximum absolute atomic E-state index is 13.8. The van der Waals surface area contributed by atoms with Crippen LogP contribution in [0.25, 0.3) is 0 Å². The molecule has 2 rings (SSSR count). The summed E-state index contributed by atoms with van der Waals surface area (Å²) in [6.07, 6.45) is 0. The van der Waals surface area contributed by atoms with Crippen molar-refractivity contribution in [2.45, 2.75) is 9.79 Å².